The zero-order valence-corrected chi connectivity index (χ0v) is 13.6. The summed E-state index contributed by atoms with van der Waals surface area (Å²) in [7, 11) is 0. The highest BCUT2D eigenvalue weighted by molar-refractivity contribution is 7.10. The molecule has 118 valence electrons. The lowest BCUT2D eigenvalue weighted by molar-refractivity contribution is -0.0427. The molecule has 1 amide bonds. The van der Waals surface area contributed by atoms with E-state index in [1.165, 1.54) is 11.3 Å². The van der Waals surface area contributed by atoms with Crippen LogP contribution in [0.15, 0.2) is 17.5 Å². The predicted molar refractivity (Wildman–Crippen MR) is 81.4 cm³/mol. The third-order valence-electron chi connectivity index (χ3n) is 3.22. The van der Waals surface area contributed by atoms with Crippen LogP contribution in [0, 0.1) is 0 Å². The van der Waals surface area contributed by atoms with Crippen LogP contribution in [0.2, 0.25) is 0 Å². The molecule has 1 aliphatic rings. The molecule has 0 radical (unpaired) electrons. The first-order valence-corrected chi connectivity index (χ1v) is 8.03. The van der Waals surface area contributed by atoms with Crippen LogP contribution < -0.4 is 0 Å². The van der Waals surface area contributed by atoms with Gasteiger partial charge >= 0.3 is 6.09 Å². The molecular weight excluding hydrogens is 290 g/mol. The molecule has 2 atom stereocenters. The van der Waals surface area contributed by atoms with E-state index in [1.54, 1.807) is 4.90 Å². The number of rotatable bonds is 3. The van der Waals surface area contributed by atoms with Crippen molar-refractivity contribution in [2.24, 2.45) is 0 Å². The monoisotopic (exact) mass is 313 g/mol. The molecule has 6 heteroatoms. The fourth-order valence-corrected chi connectivity index (χ4v) is 2.99. The summed E-state index contributed by atoms with van der Waals surface area (Å²) in [6, 6.07) is 3.65. The number of aliphatic hydroxyl groups excluding tert-OH is 1. The molecule has 1 aromatic heterocycles. The number of aliphatic hydroxyl groups is 1. The first-order chi connectivity index (χ1) is 9.87. The minimum absolute atomic E-state index is 0.161. The second-order valence-corrected chi connectivity index (χ2v) is 7.15. The molecule has 1 saturated heterocycles. The van der Waals surface area contributed by atoms with Crippen LogP contribution in [-0.2, 0) is 9.47 Å². The van der Waals surface area contributed by atoms with Gasteiger partial charge in [-0.15, -0.1) is 11.3 Å². The molecule has 21 heavy (non-hydrogen) atoms. The summed E-state index contributed by atoms with van der Waals surface area (Å²) in [5, 5.41) is 12.2. The van der Waals surface area contributed by atoms with E-state index in [9.17, 15) is 9.90 Å². The highest BCUT2D eigenvalue weighted by Crippen LogP contribution is 2.26. The van der Waals surface area contributed by atoms with Crippen LogP contribution in [0.3, 0.4) is 0 Å². The van der Waals surface area contributed by atoms with Crippen LogP contribution in [0.4, 0.5) is 4.79 Å². The van der Waals surface area contributed by atoms with Crippen LogP contribution in [0.1, 0.15) is 38.2 Å². The lowest BCUT2D eigenvalue weighted by atomic mass is 10.1. The van der Waals surface area contributed by atoms with Crippen molar-refractivity contribution >= 4 is 17.4 Å². The van der Waals surface area contributed by atoms with Crippen molar-refractivity contribution in [2.75, 3.05) is 19.8 Å². The van der Waals surface area contributed by atoms with Crippen LogP contribution in [-0.4, -0.2) is 47.5 Å². The maximum absolute atomic E-state index is 12.3. The zero-order chi connectivity index (χ0) is 15.5. The van der Waals surface area contributed by atoms with Gasteiger partial charge in [-0.1, -0.05) is 6.07 Å². The maximum Gasteiger partial charge on any atom is 0.410 e. The second-order valence-electron chi connectivity index (χ2n) is 6.17. The van der Waals surface area contributed by atoms with Gasteiger partial charge in [-0.05, 0) is 32.2 Å². The third-order valence-corrected chi connectivity index (χ3v) is 4.20. The number of thiophene rings is 1. The summed E-state index contributed by atoms with van der Waals surface area (Å²) in [6.45, 7) is 6.98. The minimum Gasteiger partial charge on any atom is -0.444 e. The number of carbonyl (C=O) groups excluding carboxylic acids is 1. The SMILES string of the molecule is CC(C)(C)OC(=O)N1CCOCC1CC(O)c1cccs1. The number of nitrogens with zero attached hydrogens (tertiary/aromatic N) is 1. The van der Waals surface area contributed by atoms with Crippen molar-refractivity contribution in [3.8, 4) is 0 Å². The van der Waals surface area contributed by atoms with E-state index in [-0.39, 0.29) is 12.1 Å². The first kappa shape index (κ1) is 16.3. The van der Waals surface area contributed by atoms with Crippen molar-refractivity contribution in [3.63, 3.8) is 0 Å². The Balaban J connectivity index is 2.00. The third kappa shape index (κ3) is 4.69. The molecule has 2 rings (SSSR count). The topological polar surface area (TPSA) is 59.0 Å². The van der Waals surface area contributed by atoms with Gasteiger partial charge in [-0.3, -0.25) is 0 Å². The summed E-state index contributed by atoms with van der Waals surface area (Å²) in [4.78, 5) is 14.8. The summed E-state index contributed by atoms with van der Waals surface area (Å²) in [6.07, 6.45) is -0.462. The van der Waals surface area contributed by atoms with E-state index in [0.717, 1.165) is 4.88 Å². The standard InChI is InChI=1S/C15H23NO4S/c1-15(2,3)20-14(18)16-6-7-19-10-11(16)9-12(17)13-5-4-8-21-13/h4-5,8,11-12,17H,6-7,9-10H2,1-3H3. The van der Waals surface area contributed by atoms with Gasteiger partial charge in [0.1, 0.15) is 5.60 Å². The molecule has 0 spiro atoms. The fraction of sp³-hybridized carbons (Fsp3) is 0.667. The van der Waals surface area contributed by atoms with E-state index >= 15 is 0 Å². The lowest BCUT2D eigenvalue weighted by Gasteiger charge is -2.37. The van der Waals surface area contributed by atoms with E-state index in [4.69, 9.17) is 9.47 Å². The van der Waals surface area contributed by atoms with Gasteiger partial charge in [0.2, 0.25) is 0 Å². The van der Waals surface area contributed by atoms with Gasteiger partial charge in [-0.2, -0.15) is 0 Å². The number of hydrogen-bond donors (Lipinski definition) is 1. The van der Waals surface area contributed by atoms with Gasteiger partial charge in [-0.25, -0.2) is 4.79 Å². The molecule has 0 aliphatic carbocycles. The number of morpholine rings is 1. The Hall–Kier alpha value is -1.11. The predicted octanol–water partition coefficient (Wildman–Crippen LogP) is 2.81. The molecule has 1 fully saturated rings. The van der Waals surface area contributed by atoms with Gasteiger partial charge in [0, 0.05) is 17.8 Å². The molecule has 1 aromatic rings. The van der Waals surface area contributed by atoms with Crippen molar-refractivity contribution < 1.29 is 19.4 Å². The zero-order valence-electron chi connectivity index (χ0n) is 12.7. The molecule has 0 aromatic carbocycles. The Morgan fingerprint density at radius 3 is 3.00 bits per heavy atom. The van der Waals surface area contributed by atoms with E-state index in [2.05, 4.69) is 0 Å². The molecule has 1 aliphatic heterocycles. The molecular formula is C15H23NO4S. The lowest BCUT2D eigenvalue weighted by Crippen LogP contribution is -2.50. The van der Waals surface area contributed by atoms with E-state index < -0.39 is 11.7 Å². The fourth-order valence-electron chi connectivity index (χ4n) is 2.27. The number of ether oxygens (including phenoxy) is 2. The average molecular weight is 313 g/mol. The number of amides is 1. The quantitative estimate of drug-likeness (QED) is 0.932. The Kier molecular flexibility index (Phi) is 5.24. The summed E-state index contributed by atoms with van der Waals surface area (Å²) < 4.78 is 10.9. The summed E-state index contributed by atoms with van der Waals surface area (Å²) in [5.74, 6) is 0. The second kappa shape index (κ2) is 6.77. The van der Waals surface area contributed by atoms with Gasteiger partial charge in [0.25, 0.3) is 0 Å². The van der Waals surface area contributed by atoms with Crippen LogP contribution in [0.5, 0.6) is 0 Å². The summed E-state index contributed by atoms with van der Waals surface area (Å²) in [5.41, 5.74) is -0.522. The molecule has 0 saturated carbocycles. The molecule has 0 bridgehead atoms. The van der Waals surface area contributed by atoms with Crippen molar-refractivity contribution in [2.45, 2.75) is 44.9 Å². The van der Waals surface area contributed by atoms with Crippen molar-refractivity contribution in [3.05, 3.63) is 22.4 Å². The average Bonchev–Trinajstić information content (AvgIpc) is 2.91. The Morgan fingerprint density at radius 1 is 1.62 bits per heavy atom. The van der Waals surface area contributed by atoms with Gasteiger partial charge in [0.05, 0.1) is 25.4 Å². The molecule has 1 N–H and O–H groups in total. The van der Waals surface area contributed by atoms with Gasteiger partial charge in [0.15, 0.2) is 0 Å². The first-order valence-electron chi connectivity index (χ1n) is 7.15. The Bertz CT molecular complexity index is 455. The summed E-state index contributed by atoms with van der Waals surface area (Å²) >= 11 is 1.51. The molecule has 2 unspecified atom stereocenters. The van der Waals surface area contributed by atoms with Crippen LogP contribution in [0.25, 0.3) is 0 Å². The minimum atomic E-state index is -0.582. The van der Waals surface area contributed by atoms with E-state index in [0.29, 0.717) is 26.2 Å². The Labute approximate surface area is 129 Å². The van der Waals surface area contributed by atoms with Gasteiger partial charge < -0.3 is 19.5 Å². The van der Waals surface area contributed by atoms with Crippen LogP contribution >= 0.6 is 11.3 Å². The van der Waals surface area contributed by atoms with Crippen molar-refractivity contribution in [1.29, 1.82) is 0 Å². The highest BCUT2D eigenvalue weighted by atomic mass is 32.1. The number of carbonyl (C=O) groups is 1. The smallest absolute Gasteiger partial charge is 0.410 e. The Morgan fingerprint density at radius 2 is 2.38 bits per heavy atom. The molecule has 5 nitrogen and oxygen atoms in total. The maximum atomic E-state index is 12.3. The number of hydrogen-bond acceptors (Lipinski definition) is 5. The molecule has 2 heterocycles. The normalized spacial score (nSPS) is 21.1. The highest BCUT2D eigenvalue weighted by Gasteiger charge is 2.32. The largest absolute Gasteiger partial charge is 0.444 e. The van der Waals surface area contributed by atoms with Crippen molar-refractivity contribution in [1.82, 2.24) is 4.90 Å². The van der Waals surface area contributed by atoms with E-state index in [1.807, 2.05) is 38.3 Å².